The van der Waals surface area contributed by atoms with Crippen molar-refractivity contribution in [3.05, 3.63) is 24.1 Å². The predicted molar refractivity (Wildman–Crippen MR) is 116 cm³/mol. The Balaban J connectivity index is 1.56. The van der Waals surface area contributed by atoms with Crippen LogP contribution in [-0.2, 0) is 9.53 Å². The van der Waals surface area contributed by atoms with Crippen molar-refractivity contribution in [2.45, 2.75) is 91.3 Å². The molecule has 4 aliphatic carbocycles. The monoisotopic (exact) mass is 418 g/mol. The molecule has 0 aromatic heterocycles. The van der Waals surface area contributed by atoms with Gasteiger partial charge in [-0.1, -0.05) is 39.0 Å². The van der Waals surface area contributed by atoms with Gasteiger partial charge >= 0.3 is 5.97 Å². The summed E-state index contributed by atoms with van der Waals surface area (Å²) < 4.78 is 19.2. The van der Waals surface area contributed by atoms with E-state index in [0.29, 0.717) is 29.1 Å². The second-order valence-corrected chi connectivity index (χ2v) is 11.2. The molecule has 4 heteroatoms. The van der Waals surface area contributed by atoms with E-state index in [0.717, 1.165) is 44.9 Å². The highest BCUT2D eigenvalue weighted by atomic mass is 19.1. The van der Waals surface area contributed by atoms with Gasteiger partial charge in [0.05, 0.1) is 0 Å². The SMILES string of the molecule is C=C(F)C(O)C(C)[C@H]1CC[C@H]2C3=CCC4C[C@@H](OC(C)=O)CC[C@]4(C)[C@H]3CC[C@]12C. The summed E-state index contributed by atoms with van der Waals surface area (Å²) in [6.07, 6.45) is 10.3. The molecular weight excluding hydrogens is 379 g/mol. The fourth-order valence-corrected chi connectivity index (χ4v) is 8.22. The van der Waals surface area contributed by atoms with Crippen LogP contribution in [0.2, 0.25) is 0 Å². The molecule has 30 heavy (non-hydrogen) atoms. The number of hydrogen-bond acceptors (Lipinski definition) is 3. The Bertz CT molecular complexity index is 745. The van der Waals surface area contributed by atoms with Crippen LogP contribution in [0, 0.1) is 40.4 Å². The average molecular weight is 419 g/mol. The molecular formula is C26H39FO3. The Kier molecular flexibility index (Phi) is 5.70. The normalized spacial score (nSPS) is 44.7. The van der Waals surface area contributed by atoms with Crippen molar-refractivity contribution in [1.29, 1.82) is 0 Å². The lowest BCUT2D eigenvalue weighted by Crippen LogP contribution is -2.50. The minimum absolute atomic E-state index is 0.0800. The molecule has 3 unspecified atom stereocenters. The first kappa shape index (κ1) is 22.0. The fraction of sp³-hybridized carbons (Fsp3) is 0.808. The minimum Gasteiger partial charge on any atom is -0.463 e. The summed E-state index contributed by atoms with van der Waals surface area (Å²) in [5.74, 6) is 1.23. The number of allylic oxidation sites excluding steroid dienone is 2. The molecule has 1 N–H and O–H groups in total. The topological polar surface area (TPSA) is 46.5 Å². The molecule has 4 rings (SSSR count). The quantitative estimate of drug-likeness (QED) is 0.451. The maximum absolute atomic E-state index is 13.7. The molecule has 0 radical (unpaired) electrons. The predicted octanol–water partition coefficient (Wildman–Crippen LogP) is 5.98. The highest BCUT2D eigenvalue weighted by Gasteiger charge is 2.58. The number of halogens is 1. The van der Waals surface area contributed by atoms with E-state index in [9.17, 15) is 14.3 Å². The third-order valence-electron chi connectivity index (χ3n) is 9.89. The maximum Gasteiger partial charge on any atom is 0.302 e. The van der Waals surface area contributed by atoms with Crippen molar-refractivity contribution in [3.8, 4) is 0 Å². The molecule has 0 saturated heterocycles. The molecule has 3 fully saturated rings. The van der Waals surface area contributed by atoms with Crippen LogP contribution in [0.3, 0.4) is 0 Å². The average Bonchev–Trinajstić information content (AvgIpc) is 3.03. The number of fused-ring (bicyclic) bond motifs is 5. The summed E-state index contributed by atoms with van der Waals surface area (Å²) in [5, 5.41) is 10.4. The Morgan fingerprint density at radius 3 is 2.53 bits per heavy atom. The lowest BCUT2D eigenvalue weighted by atomic mass is 9.47. The molecule has 0 spiro atoms. The van der Waals surface area contributed by atoms with E-state index < -0.39 is 11.9 Å². The van der Waals surface area contributed by atoms with Crippen molar-refractivity contribution < 1.29 is 19.0 Å². The second-order valence-electron chi connectivity index (χ2n) is 11.2. The van der Waals surface area contributed by atoms with E-state index in [1.165, 1.54) is 13.3 Å². The number of aliphatic hydroxyl groups excluding tert-OH is 1. The van der Waals surface area contributed by atoms with Gasteiger partial charge in [-0.25, -0.2) is 4.39 Å². The number of carbonyl (C=O) groups excluding carboxylic acids is 1. The number of esters is 1. The lowest BCUT2D eigenvalue weighted by molar-refractivity contribution is -0.152. The summed E-state index contributed by atoms with van der Waals surface area (Å²) in [7, 11) is 0. The molecule has 0 aromatic rings. The van der Waals surface area contributed by atoms with Gasteiger partial charge in [-0.2, -0.15) is 0 Å². The Morgan fingerprint density at radius 1 is 1.20 bits per heavy atom. The van der Waals surface area contributed by atoms with Crippen LogP contribution in [-0.4, -0.2) is 23.3 Å². The van der Waals surface area contributed by atoms with Gasteiger partial charge in [-0.15, -0.1) is 0 Å². The smallest absolute Gasteiger partial charge is 0.302 e. The molecule has 0 heterocycles. The van der Waals surface area contributed by atoms with E-state index in [2.05, 4.69) is 26.5 Å². The van der Waals surface area contributed by atoms with Crippen LogP contribution in [0.1, 0.15) is 79.1 Å². The van der Waals surface area contributed by atoms with Crippen LogP contribution in [0.4, 0.5) is 4.39 Å². The zero-order valence-corrected chi connectivity index (χ0v) is 19.1. The van der Waals surface area contributed by atoms with Gasteiger partial charge in [0.2, 0.25) is 0 Å². The summed E-state index contributed by atoms with van der Waals surface area (Å²) in [6, 6.07) is 0. The molecule has 3 nitrogen and oxygen atoms in total. The summed E-state index contributed by atoms with van der Waals surface area (Å²) in [6.45, 7) is 11.7. The number of ether oxygens (including phenoxy) is 1. The van der Waals surface area contributed by atoms with Crippen LogP contribution in [0.25, 0.3) is 0 Å². The lowest BCUT2D eigenvalue weighted by Gasteiger charge is -2.58. The van der Waals surface area contributed by atoms with Crippen LogP contribution in [0.15, 0.2) is 24.1 Å². The highest BCUT2D eigenvalue weighted by Crippen LogP contribution is 2.67. The van der Waals surface area contributed by atoms with Crippen LogP contribution >= 0.6 is 0 Å². The van der Waals surface area contributed by atoms with E-state index in [1.54, 1.807) is 5.57 Å². The van der Waals surface area contributed by atoms with Gasteiger partial charge in [0.1, 0.15) is 18.0 Å². The Morgan fingerprint density at radius 2 is 1.87 bits per heavy atom. The van der Waals surface area contributed by atoms with Crippen molar-refractivity contribution >= 4 is 5.97 Å². The molecule has 0 aliphatic heterocycles. The first-order valence-electron chi connectivity index (χ1n) is 12.0. The number of rotatable bonds is 4. The molecule has 0 bridgehead atoms. The standard InChI is InChI=1S/C26H39FO3/c1-15(24(29)16(2)27)21-8-9-22-20-7-6-18-14-19(30-17(3)28)10-12-25(18,4)23(20)11-13-26(21,22)5/h7,15,18-19,21-24,29H,2,6,8-14H2,1,3-5H3/t15?,18?,19-,21+,22-,23-,24?,25-,26+/m0/s1. The Labute approximate surface area is 181 Å². The molecule has 3 saturated carbocycles. The molecule has 9 atom stereocenters. The van der Waals surface area contributed by atoms with E-state index >= 15 is 0 Å². The maximum atomic E-state index is 13.7. The van der Waals surface area contributed by atoms with E-state index in [4.69, 9.17) is 4.74 Å². The van der Waals surface area contributed by atoms with Gasteiger partial charge in [-0.3, -0.25) is 4.79 Å². The summed E-state index contributed by atoms with van der Waals surface area (Å²) in [5.41, 5.74) is 2.08. The first-order valence-corrected chi connectivity index (χ1v) is 12.0. The number of hydrogen-bond donors (Lipinski definition) is 1. The molecule has 0 aromatic carbocycles. The van der Waals surface area contributed by atoms with Crippen molar-refractivity contribution in [2.24, 2.45) is 40.4 Å². The molecule has 0 amide bonds. The van der Waals surface area contributed by atoms with E-state index in [1.807, 2.05) is 6.92 Å². The second kappa shape index (κ2) is 7.76. The molecule has 168 valence electrons. The van der Waals surface area contributed by atoms with Crippen molar-refractivity contribution in [2.75, 3.05) is 0 Å². The zero-order valence-electron chi connectivity index (χ0n) is 19.1. The first-order chi connectivity index (χ1) is 14.1. The van der Waals surface area contributed by atoms with E-state index in [-0.39, 0.29) is 23.4 Å². The van der Waals surface area contributed by atoms with Gasteiger partial charge < -0.3 is 9.84 Å². The van der Waals surface area contributed by atoms with Crippen LogP contribution < -0.4 is 0 Å². The fourth-order valence-electron chi connectivity index (χ4n) is 8.22. The highest BCUT2D eigenvalue weighted by molar-refractivity contribution is 5.66. The van der Waals surface area contributed by atoms with Crippen molar-refractivity contribution in [3.63, 3.8) is 0 Å². The molecule has 4 aliphatic rings. The van der Waals surface area contributed by atoms with Crippen molar-refractivity contribution in [1.82, 2.24) is 0 Å². The summed E-state index contributed by atoms with van der Waals surface area (Å²) in [4.78, 5) is 11.4. The number of aliphatic hydroxyl groups is 1. The van der Waals surface area contributed by atoms with Gasteiger partial charge in [-0.05, 0) is 91.8 Å². The van der Waals surface area contributed by atoms with Gasteiger partial charge in [0, 0.05) is 6.92 Å². The minimum atomic E-state index is -1.05. The third-order valence-corrected chi connectivity index (χ3v) is 9.89. The van der Waals surface area contributed by atoms with Gasteiger partial charge in [0.15, 0.2) is 0 Å². The number of carbonyl (C=O) groups is 1. The third kappa shape index (κ3) is 3.38. The zero-order chi connectivity index (χ0) is 21.8. The summed E-state index contributed by atoms with van der Waals surface area (Å²) >= 11 is 0. The largest absolute Gasteiger partial charge is 0.463 e. The Hall–Kier alpha value is -1.16. The van der Waals surface area contributed by atoms with Gasteiger partial charge in [0.25, 0.3) is 0 Å². The van der Waals surface area contributed by atoms with Crippen LogP contribution in [0.5, 0.6) is 0 Å².